The second-order valence-corrected chi connectivity index (χ2v) is 6.85. The van der Waals surface area contributed by atoms with Crippen LogP contribution in [0.15, 0.2) is 42.5 Å². The lowest BCUT2D eigenvalue weighted by atomic mass is 9.86. The first-order valence-electron chi connectivity index (χ1n) is 8.53. The molecule has 25 heavy (non-hydrogen) atoms. The number of Topliss-reactive ketones (excluding diaryl/α,β-unsaturated/α-hetero) is 1. The van der Waals surface area contributed by atoms with Gasteiger partial charge in [-0.25, -0.2) is 0 Å². The van der Waals surface area contributed by atoms with Crippen molar-refractivity contribution < 1.29 is 14.7 Å². The zero-order valence-electron chi connectivity index (χ0n) is 14.9. The average Bonchev–Trinajstić information content (AvgIpc) is 2.79. The summed E-state index contributed by atoms with van der Waals surface area (Å²) in [5.74, 6) is -0.598. The van der Waals surface area contributed by atoms with Gasteiger partial charge in [0.05, 0.1) is 5.69 Å². The first kappa shape index (κ1) is 17.4. The zero-order valence-corrected chi connectivity index (χ0v) is 14.9. The third-order valence-corrected chi connectivity index (χ3v) is 4.84. The molecule has 4 heteroatoms. The molecular formula is C21H23NO3. The molecule has 0 saturated heterocycles. The summed E-state index contributed by atoms with van der Waals surface area (Å²) in [5.41, 5.74) is 2.48. The molecule has 1 heterocycles. The van der Waals surface area contributed by atoms with Crippen molar-refractivity contribution in [1.82, 2.24) is 0 Å². The number of rotatable bonds is 5. The van der Waals surface area contributed by atoms with Gasteiger partial charge < -0.3 is 10.0 Å². The van der Waals surface area contributed by atoms with Gasteiger partial charge in [-0.15, -0.1) is 0 Å². The monoisotopic (exact) mass is 337 g/mol. The number of benzene rings is 2. The number of aliphatic hydroxyl groups is 1. The van der Waals surface area contributed by atoms with Crippen molar-refractivity contribution in [3.8, 4) is 0 Å². The van der Waals surface area contributed by atoms with E-state index in [1.165, 1.54) is 6.92 Å². The van der Waals surface area contributed by atoms with Crippen molar-refractivity contribution in [2.45, 2.75) is 39.2 Å². The van der Waals surface area contributed by atoms with Gasteiger partial charge in [-0.2, -0.15) is 0 Å². The predicted octanol–water partition coefficient (Wildman–Crippen LogP) is 3.06. The van der Waals surface area contributed by atoms with Crippen LogP contribution in [0.4, 0.5) is 5.69 Å². The van der Waals surface area contributed by atoms with Crippen LogP contribution in [-0.4, -0.2) is 23.3 Å². The molecule has 0 spiro atoms. The number of carbonyl (C=O) groups is 2. The molecule has 1 aliphatic rings. The number of carbonyl (C=O) groups excluding carboxylic acids is 2. The highest BCUT2D eigenvalue weighted by Gasteiger charge is 2.51. The Bertz CT molecular complexity index is 829. The molecule has 130 valence electrons. The first-order chi connectivity index (χ1) is 11.8. The lowest BCUT2D eigenvalue weighted by Gasteiger charge is -2.22. The van der Waals surface area contributed by atoms with Gasteiger partial charge in [-0.1, -0.05) is 42.5 Å². The molecule has 1 amide bonds. The van der Waals surface area contributed by atoms with E-state index in [2.05, 4.69) is 0 Å². The predicted molar refractivity (Wildman–Crippen MR) is 97.6 cm³/mol. The fourth-order valence-electron chi connectivity index (χ4n) is 3.72. The molecule has 3 rings (SSSR count). The molecular weight excluding hydrogens is 314 g/mol. The van der Waals surface area contributed by atoms with Crippen molar-refractivity contribution in [1.29, 1.82) is 0 Å². The molecule has 1 aliphatic heterocycles. The number of hydrogen-bond donors (Lipinski definition) is 1. The van der Waals surface area contributed by atoms with Crippen molar-refractivity contribution in [2.24, 2.45) is 0 Å². The fraction of sp³-hybridized carbons (Fsp3) is 0.333. The van der Waals surface area contributed by atoms with Crippen LogP contribution in [0.25, 0.3) is 0 Å². The molecule has 0 fully saturated rings. The highest BCUT2D eigenvalue weighted by atomic mass is 16.3. The van der Waals surface area contributed by atoms with Crippen LogP contribution in [0.5, 0.6) is 0 Å². The van der Waals surface area contributed by atoms with E-state index in [9.17, 15) is 14.7 Å². The largest absolute Gasteiger partial charge is 0.375 e. The highest BCUT2D eigenvalue weighted by Crippen LogP contribution is 2.46. The summed E-state index contributed by atoms with van der Waals surface area (Å²) in [4.78, 5) is 26.4. The Morgan fingerprint density at radius 3 is 2.36 bits per heavy atom. The third-order valence-electron chi connectivity index (χ3n) is 4.84. The van der Waals surface area contributed by atoms with Gasteiger partial charge >= 0.3 is 0 Å². The molecule has 2 aromatic rings. The Labute approximate surface area is 148 Å². The highest BCUT2D eigenvalue weighted by molar-refractivity contribution is 6.09. The maximum Gasteiger partial charge on any atom is 0.264 e. The van der Waals surface area contributed by atoms with Crippen molar-refractivity contribution in [3.63, 3.8) is 0 Å². The van der Waals surface area contributed by atoms with Crippen LogP contribution < -0.4 is 4.90 Å². The van der Waals surface area contributed by atoms with Gasteiger partial charge in [0.25, 0.3) is 5.91 Å². The maximum atomic E-state index is 13.1. The van der Waals surface area contributed by atoms with E-state index in [1.807, 2.05) is 56.3 Å². The van der Waals surface area contributed by atoms with Crippen LogP contribution >= 0.6 is 0 Å². The number of ketones is 1. The van der Waals surface area contributed by atoms with Gasteiger partial charge in [-0.05, 0) is 43.9 Å². The van der Waals surface area contributed by atoms with Crippen LogP contribution in [0.3, 0.4) is 0 Å². The number of anilines is 1. The minimum atomic E-state index is -1.76. The molecule has 0 saturated carbocycles. The number of aryl methyl sites for hydroxylation is 2. The summed E-state index contributed by atoms with van der Waals surface area (Å²) < 4.78 is 0. The average molecular weight is 337 g/mol. The van der Waals surface area contributed by atoms with E-state index in [0.29, 0.717) is 18.5 Å². The van der Waals surface area contributed by atoms with Crippen LogP contribution in [0.1, 0.15) is 35.6 Å². The van der Waals surface area contributed by atoms with Crippen molar-refractivity contribution in [3.05, 3.63) is 64.7 Å². The smallest absolute Gasteiger partial charge is 0.264 e. The maximum absolute atomic E-state index is 13.1. The van der Waals surface area contributed by atoms with E-state index >= 15 is 0 Å². The number of nitrogens with zero attached hydrogens (tertiary/aromatic N) is 1. The van der Waals surface area contributed by atoms with Crippen molar-refractivity contribution in [2.75, 3.05) is 11.4 Å². The van der Waals surface area contributed by atoms with E-state index in [-0.39, 0.29) is 12.2 Å². The molecule has 1 unspecified atom stereocenters. The Kier molecular flexibility index (Phi) is 4.48. The van der Waals surface area contributed by atoms with E-state index in [4.69, 9.17) is 0 Å². The van der Waals surface area contributed by atoms with Gasteiger partial charge in [0.2, 0.25) is 0 Å². The topological polar surface area (TPSA) is 57.6 Å². The third kappa shape index (κ3) is 2.98. The van der Waals surface area contributed by atoms with Gasteiger partial charge in [0.15, 0.2) is 5.60 Å². The summed E-state index contributed by atoms with van der Waals surface area (Å²) in [5, 5.41) is 11.1. The molecule has 0 aliphatic carbocycles. The lowest BCUT2D eigenvalue weighted by Crippen LogP contribution is -2.42. The molecule has 0 bridgehead atoms. The molecule has 4 nitrogen and oxygen atoms in total. The number of fused-ring (bicyclic) bond motifs is 1. The minimum absolute atomic E-state index is 0.190. The van der Waals surface area contributed by atoms with Gasteiger partial charge in [-0.3, -0.25) is 9.59 Å². The SMILES string of the molecule is CC(=O)CC1(O)C(=O)N(CCc2ccccc2)c2c(C)ccc(C)c21. The van der Waals surface area contributed by atoms with Crippen LogP contribution in [0, 0.1) is 13.8 Å². The number of hydrogen-bond acceptors (Lipinski definition) is 3. The minimum Gasteiger partial charge on any atom is -0.375 e. The molecule has 0 radical (unpaired) electrons. The zero-order chi connectivity index (χ0) is 18.2. The molecule has 1 atom stereocenters. The van der Waals surface area contributed by atoms with Crippen molar-refractivity contribution >= 4 is 17.4 Å². The van der Waals surface area contributed by atoms with Gasteiger partial charge in [0, 0.05) is 18.5 Å². The molecule has 1 N–H and O–H groups in total. The Morgan fingerprint density at radius 2 is 1.72 bits per heavy atom. The first-order valence-corrected chi connectivity index (χ1v) is 8.53. The Hall–Kier alpha value is -2.46. The lowest BCUT2D eigenvalue weighted by molar-refractivity contribution is -0.141. The fourth-order valence-corrected chi connectivity index (χ4v) is 3.72. The Morgan fingerprint density at radius 1 is 1.08 bits per heavy atom. The number of amides is 1. The van der Waals surface area contributed by atoms with E-state index < -0.39 is 11.5 Å². The second-order valence-electron chi connectivity index (χ2n) is 6.85. The molecule has 0 aromatic heterocycles. The quantitative estimate of drug-likeness (QED) is 0.912. The Balaban J connectivity index is 2.02. The second kappa shape index (κ2) is 6.45. The summed E-state index contributed by atoms with van der Waals surface area (Å²) in [6.07, 6.45) is 0.501. The van der Waals surface area contributed by atoms with Crippen LogP contribution in [0.2, 0.25) is 0 Å². The summed E-state index contributed by atoms with van der Waals surface area (Å²) in [6.45, 7) is 5.68. The molecule has 2 aromatic carbocycles. The van der Waals surface area contributed by atoms with E-state index in [0.717, 1.165) is 22.4 Å². The summed E-state index contributed by atoms with van der Waals surface area (Å²) >= 11 is 0. The van der Waals surface area contributed by atoms with E-state index in [1.54, 1.807) is 4.90 Å². The normalized spacial score (nSPS) is 19.2. The summed E-state index contributed by atoms with van der Waals surface area (Å²) in [6, 6.07) is 13.8. The standard InChI is InChI=1S/C21H23NO3/c1-14-9-10-15(2)19-18(14)21(25,13-16(3)23)20(24)22(19)12-11-17-7-5-4-6-8-17/h4-10,25H,11-13H2,1-3H3. The summed E-state index contributed by atoms with van der Waals surface area (Å²) in [7, 11) is 0. The van der Waals surface area contributed by atoms with Crippen LogP contribution in [-0.2, 0) is 21.6 Å². The van der Waals surface area contributed by atoms with Gasteiger partial charge in [0.1, 0.15) is 5.78 Å².